The summed E-state index contributed by atoms with van der Waals surface area (Å²) in [5.74, 6) is -0.0403. The van der Waals surface area contributed by atoms with Crippen LogP contribution in [0.1, 0.15) is 24.0 Å². The Hall–Kier alpha value is -1.91. The van der Waals surface area contributed by atoms with Crippen LogP contribution in [-0.4, -0.2) is 15.0 Å². The molecule has 0 saturated heterocycles. The number of rotatable bonds is 6. The first-order valence-electron chi connectivity index (χ1n) is 7.17. The van der Waals surface area contributed by atoms with Crippen molar-refractivity contribution in [3.8, 4) is 0 Å². The van der Waals surface area contributed by atoms with E-state index in [1.807, 2.05) is 44.2 Å². The third-order valence-corrected chi connectivity index (χ3v) is 5.05. The van der Waals surface area contributed by atoms with Gasteiger partial charge in [-0.1, -0.05) is 60.2 Å². The Labute approximate surface area is 132 Å². The summed E-state index contributed by atoms with van der Waals surface area (Å²) in [6, 6.07) is 16.6. The molecule has 1 atom stereocenters. The van der Waals surface area contributed by atoms with Gasteiger partial charge in [-0.25, -0.2) is 13.1 Å². The summed E-state index contributed by atoms with van der Waals surface area (Å²) in [5, 5.41) is 0. The number of hydrogen-bond acceptors (Lipinski definition) is 2. The minimum atomic E-state index is -3.50. The zero-order valence-electron chi connectivity index (χ0n) is 12.9. The number of hydrogen-bond donors (Lipinski definition) is 1. The molecule has 0 bridgehead atoms. The van der Waals surface area contributed by atoms with Gasteiger partial charge in [0.15, 0.2) is 0 Å². The van der Waals surface area contributed by atoms with E-state index in [1.54, 1.807) is 24.3 Å². The number of benzene rings is 2. The molecule has 0 fully saturated rings. The summed E-state index contributed by atoms with van der Waals surface area (Å²) in [5.41, 5.74) is 3.02. The van der Waals surface area contributed by atoms with Gasteiger partial charge in [-0.3, -0.25) is 0 Å². The molecule has 0 aliphatic heterocycles. The van der Waals surface area contributed by atoms with E-state index in [4.69, 9.17) is 0 Å². The predicted molar refractivity (Wildman–Crippen MR) is 90.4 cm³/mol. The molecule has 116 valence electrons. The van der Waals surface area contributed by atoms with Crippen LogP contribution in [0.5, 0.6) is 0 Å². The Balaban J connectivity index is 2.15. The first-order valence-corrected chi connectivity index (χ1v) is 8.65. The van der Waals surface area contributed by atoms with Crippen molar-refractivity contribution in [3.05, 3.63) is 77.9 Å². The van der Waals surface area contributed by atoms with Crippen molar-refractivity contribution < 1.29 is 8.42 Å². The van der Waals surface area contributed by atoms with Gasteiger partial charge in [-0.05, 0) is 31.5 Å². The van der Waals surface area contributed by atoms with E-state index >= 15 is 0 Å². The second kappa shape index (κ2) is 6.90. The molecule has 22 heavy (non-hydrogen) atoms. The molecule has 0 radical (unpaired) electrons. The van der Waals surface area contributed by atoms with Crippen LogP contribution in [0.15, 0.2) is 71.6 Å². The molecule has 0 heterocycles. The lowest BCUT2D eigenvalue weighted by Crippen LogP contribution is -2.29. The van der Waals surface area contributed by atoms with Crippen LogP contribution in [0, 0.1) is 6.92 Å². The van der Waals surface area contributed by atoms with E-state index in [9.17, 15) is 8.42 Å². The summed E-state index contributed by atoms with van der Waals surface area (Å²) in [6.07, 6.45) is 0. The maximum absolute atomic E-state index is 12.4. The van der Waals surface area contributed by atoms with Gasteiger partial charge in [0, 0.05) is 12.5 Å². The maximum Gasteiger partial charge on any atom is 0.240 e. The van der Waals surface area contributed by atoms with E-state index in [1.165, 1.54) is 0 Å². The highest BCUT2D eigenvalue weighted by molar-refractivity contribution is 7.89. The Morgan fingerprint density at radius 2 is 1.68 bits per heavy atom. The number of nitrogens with one attached hydrogen (secondary N) is 1. The summed E-state index contributed by atoms with van der Waals surface area (Å²) in [7, 11) is -3.50. The second-order valence-electron chi connectivity index (χ2n) is 5.47. The number of sulfonamides is 1. The molecule has 1 unspecified atom stereocenters. The van der Waals surface area contributed by atoms with Crippen molar-refractivity contribution in [1.29, 1.82) is 0 Å². The Morgan fingerprint density at radius 1 is 1.09 bits per heavy atom. The molecule has 2 aromatic rings. The normalized spacial score (nSPS) is 12.8. The topological polar surface area (TPSA) is 46.2 Å². The van der Waals surface area contributed by atoms with Crippen molar-refractivity contribution in [1.82, 2.24) is 4.72 Å². The summed E-state index contributed by atoms with van der Waals surface area (Å²) in [4.78, 5) is 0.284. The van der Waals surface area contributed by atoms with E-state index in [0.717, 1.165) is 16.7 Å². The van der Waals surface area contributed by atoms with Crippen LogP contribution in [0.3, 0.4) is 0 Å². The molecular formula is C18H21NO2S. The van der Waals surface area contributed by atoms with Gasteiger partial charge >= 0.3 is 0 Å². The fraction of sp³-hybridized carbons (Fsp3) is 0.222. The maximum atomic E-state index is 12.4. The molecule has 0 aliphatic carbocycles. The fourth-order valence-corrected chi connectivity index (χ4v) is 3.30. The summed E-state index contributed by atoms with van der Waals surface area (Å²) >= 11 is 0. The van der Waals surface area contributed by atoms with Crippen molar-refractivity contribution >= 4 is 10.0 Å². The molecule has 1 N–H and O–H groups in total. The molecule has 2 rings (SSSR count). The monoisotopic (exact) mass is 315 g/mol. The standard InChI is InChI=1S/C18H21NO2S/c1-14(2)18(16-7-5-4-6-8-16)13-19-22(20,21)17-11-9-15(3)10-12-17/h4-12,18-19H,1,13H2,2-3H3. The largest absolute Gasteiger partial charge is 0.240 e. The van der Waals surface area contributed by atoms with E-state index < -0.39 is 10.0 Å². The average molecular weight is 315 g/mol. The molecule has 0 aromatic heterocycles. The lowest BCUT2D eigenvalue weighted by molar-refractivity contribution is 0.577. The van der Waals surface area contributed by atoms with Gasteiger partial charge < -0.3 is 0 Å². The molecule has 0 spiro atoms. The lowest BCUT2D eigenvalue weighted by Gasteiger charge is -2.18. The summed E-state index contributed by atoms with van der Waals surface area (Å²) < 4.78 is 27.4. The van der Waals surface area contributed by atoms with Crippen molar-refractivity contribution in [3.63, 3.8) is 0 Å². The molecule has 0 aliphatic rings. The zero-order valence-corrected chi connectivity index (χ0v) is 13.7. The lowest BCUT2D eigenvalue weighted by atomic mass is 9.93. The fourth-order valence-electron chi connectivity index (χ4n) is 2.26. The van der Waals surface area contributed by atoms with Crippen molar-refractivity contribution in [2.45, 2.75) is 24.7 Å². The van der Waals surface area contributed by atoms with Gasteiger partial charge in [-0.15, -0.1) is 0 Å². The first-order chi connectivity index (χ1) is 10.4. The van der Waals surface area contributed by atoms with E-state index in [0.29, 0.717) is 6.54 Å². The van der Waals surface area contributed by atoms with E-state index in [-0.39, 0.29) is 10.8 Å². The average Bonchev–Trinajstić information content (AvgIpc) is 2.48. The van der Waals surface area contributed by atoms with Gasteiger partial charge in [0.05, 0.1) is 4.90 Å². The molecule has 2 aromatic carbocycles. The van der Waals surface area contributed by atoms with Gasteiger partial charge in [-0.2, -0.15) is 0 Å². The highest BCUT2D eigenvalue weighted by Gasteiger charge is 2.18. The Morgan fingerprint density at radius 3 is 2.23 bits per heavy atom. The third-order valence-electron chi connectivity index (χ3n) is 3.61. The van der Waals surface area contributed by atoms with Crippen molar-refractivity contribution in [2.24, 2.45) is 0 Å². The van der Waals surface area contributed by atoms with Crippen LogP contribution in [0.2, 0.25) is 0 Å². The molecule has 3 nitrogen and oxygen atoms in total. The molecule has 0 saturated carbocycles. The third kappa shape index (κ3) is 4.06. The summed E-state index contributed by atoms with van der Waals surface area (Å²) in [6.45, 7) is 8.12. The smallest absolute Gasteiger partial charge is 0.210 e. The highest BCUT2D eigenvalue weighted by Crippen LogP contribution is 2.22. The van der Waals surface area contributed by atoms with Gasteiger partial charge in [0.1, 0.15) is 0 Å². The van der Waals surface area contributed by atoms with Crippen LogP contribution < -0.4 is 4.72 Å². The minimum absolute atomic E-state index is 0.0403. The SMILES string of the molecule is C=C(C)C(CNS(=O)(=O)c1ccc(C)cc1)c1ccccc1. The van der Waals surface area contributed by atoms with Gasteiger partial charge in [0.25, 0.3) is 0 Å². The van der Waals surface area contributed by atoms with E-state index in [2.05, 4.69) is 11.3 Å². The van der Waals surface area contributed by atoms with Crippen molar-refractivity contribution in [2.75, 3.05) is 6.54 Å². The molecule has 4 heteroatoms. The molecule has 0 amide bonds. The minimum Gasteiger partial charge on any atom is -0.210 e. The highest BCUT2D eigenvalue weighted by atomic mass is 32.2. The Bertz CT molecular complexity index is 734. The predicted octanol–water partition coefficient (Wildman–Crippen LogP) is 3.63. The quantitative estimate of drug-likeness (QED) is 0.827. The van der Waals surface area contributed by atoms with Crippen LogP contribution in [0.4, 0.5) is 0 Å². The van der Waals surface area contributed by atoms with Crippen LogP contribution in [0.25, 0.3) is 0 Å². The second-order valence-corrected chi connectivity index (χ2v) is 7.24. The van der Waals surface area contributed by atoms with Crippen LogP contribution >= 0.6 is 0 Å². The van der Waals surface area contributed by atoms with Crippen LogP contribution in [-0.2, 0) is 10.0 Å². The molecular weight excluding hydrogens is 294 g/mol. The first kappa shape index (κ1) is 16.5. The number of aryl methyl sites for hydroxylation is 1. The Kier molecular flexibility index (Phi) is 5.16. The van der Waals surface area contributed by atoms with Gasteiger partial charge in [0.2, 0.25) is 10.0 Å². The zero-order chi connectivity index (χ0) is 16.2.